The second-order valence-electron chi connectivity index (χ2n) is 7.66. The molecular formula is C17H30N2O. The van der Waals surface area contributed by atoms with Crippen LogP contribution in [-0.4, -0.2) is 29.1 Å². The van der Waals surface area contributed by atoms with E-state index >= 15 is 0 Å². The largest absolute Gasteiger partial charge is 0.323 e. The third-order valence-corrected chi connectivity index (χ3v) is 5.52. The number of nitrogens with one attached hydrogen (secondary N) is 1. The Morgan fingerprint density at radius 2 is 1.80 bits per heavy atom. The monoisotopic (exact) mass is 278 g/mol. The summed E-state index contributed by atoms with van der Waals surface area (Å²) in [6, 6.07) is 0.513. The molecule has 1 N–H and O–H groups in total. The number of carbonyl (C=O) groups excluding carboxylic acids is 1. The Hall–Kier alpha value is -0.570. The van der Waals surface area contributed by atoms with Gasteiger partial charge in [0.1, 0.15) is 0 Å². The standard InChI is InChI=1S/C17H30N2O/c1-11(2)10-15-17(20)19(12(3)13-8-9-13)16(18-15)14-6-4-5-7-14/h11-16,18H,4-10H2,1-3H3. The highest BCUT2D eigenvalue weighted by Crippen LogP contribution is 2.40. The first-order chi connectivity index (χ1) is 9.58. The van der Waals surface area contributed by atoms with Gasteiger partial charge in [0.2, 0.25) is 5.91 Å². The third-order valence-electron chi connectivity index (χ3n) is 5.52. The molecule has 1 amide bonds. The van der Waals surface area contributed by atoms with Crippen LogP contribution in [0.3, 0.4) is 0 Å². The minimum absolute atomic E-state index is 0.0711. The van der Waals surface area contributed by atoms with E-state index in [4.69, 9.17) is 0 Å². The fourth-order valence-electron chi connectivity index (χ4n) is 4.21. The Labute approximate surface area is 123 Å². The van der Waals surface area contributed by atoms with Crippen LogP contribution < -0.4 is 5.32 Å². The Morgan fingerprint density at radius 1 is 1.15 bits per heavy atom. The van der Waals surface area contributed by atoms with Crippen molar-refractivity contribution in [2.45, 2.75) is 84.0 Å². The molecule has 3 nitrogen and oxygen atoms in total. The molecule has 0 aromatic carbocycles. The highest BCUT2D eigenvalue weighted by atomic mass is 16.2. The summed E-state index contributed by atoms with van der Waals surface area (Å²) in [7, 11) is 0. The molecule has 0 aromatic heterocycles. The zero-order chi connectivity index (χ0) is 14.3. The summed E-state index contributed by atoms with van der Waals surface area (Å²) < 4.78 is 0. The maximum absolute atomic E-state index is 12.8. The van der Waals surface area contributed by atoms with Gasteiger partial charge in [0.25, 0.3) is 0 Å². The lowest BCUT2D eigenvalue weighted by atomic mass is 10.0. The zero-order valence-electron chi connectivity index (χ0n) is 13.3. The number of rotatable bonds is 5. The quantitative estimate of drug-likeness (QED) is 0.838. The van der Waals surface area contributed by atoms with E-state index in [1.165, 1.54) is 38.5 Å². The first-order valence-electron chi connectivity index (χ1n) is 8.66. The average Bonchev–Trinajstić information content (AvgIpc) is 3.01. The molecule has 3 unspecified atom stereocenters. The number of carbonyl (C=O) groups is 1. The van der Waals surface area contributed by atoms with Gasteiger partial charge in [0.05, 0.1) is 12.2 Å². The summed E-state index contributed by atoms with van der Waals surface area (Å²) in [6.07, 6.45) is 9.23. The topological polar surface area (TPSA) is 32.3 Å². The summed E-state index contributed by atoms with van der Waals surface area (Å²) in [5.74, 6) is 2.42. The second kappa shape index (κ2) is 5.67. The van der Waals surface area contributed by atoms with Crippen molar-refractivity contribution in [3.05, 3.63) is 0 Å². The van der Waals surface area contributed by atoms with Gasteiger partial charge in [-0.25, -0.2) is 0 Å². The van der Waals surface area contributed by atoms with E-state index in [2.05, 4.69) is 31.0 Å². The van der Waals surface area contributed by atoms with E-state index < -0.39 is 0 Å². The molecule has 2 saturated carbocycles. The third kappa shape index (κ3) is 2.74. The fraction of sp³-hybridized carbons (Fsp3) is 0.941. The van der Waals surface area contributed by atoms with E-state index in [0.29, 0.717) is 30.0 Å². The predicted octanol–water partition coefficient (Wildman–Crippen LogP) is 3.15. The van der Waals surface area contributed by atoms with Crippen LogP contribution in [0.5, 0.6) is 0 Å². The molecule has 114 valence electrons. The van der Waals surface area contributed by atoms with Gasteiger partial charge in [-0.15, -0.1) is 0 Å². The van der Waals surface area contributed by atoms with E-state index in [9.17, 15) is 4.79 Å². The minimum Gasteiger partial charge on any atom is -0.323 e. The smallest absolute Gasteiger partial charge is 0.241 e. The van der Waals surface area contributed by atoms with Gasteiger partial charge in [-0.3, -0.25) is 10.1 Å². The molecular weight excluding hydrogens is 248 g/mol. The van der Waals surface area contributed by atoms with E-state index in [1.54, 1.807) is 0 Å². The van der Waals surface area contributed by atoms with Crippen molar-refractivity contribution >= 4 is 5.91 Å². The van der Waals surface area contributed by atoms with Crippen LogP contribution >= 0.6 is 0 Å². The number of amides is 1. The summed E-state index contributed by atoms with van der Waals surface area (Å²) in [4.78, 5) is 15.1. The highest BCUT2D eigenvalue weighted by Gasteiger charge is 2.47. The average molecular weight is 278 g/mol. The zero-order valence-corrected chi connectivity index (χ0v) is 13.3. The van der Waals surface area contributed by atoms with Crippen molar-refractivity contribution in [2.24, 2.45) is 17.8 Å². The van der Waals surface area contributed by atoms with Crippen LogP contribution in [0.1, 0.15) is 65.7 Å². The van der Waals surface area contributed by atoms with Gasteiger partial charge in [-0.1, -0.05) is 26.7 Å². The van der Waals surface area contributed by atoms with Gasteiger partial charge in [0, 0.05) is 6.04 Å². The molecule has 3 rings (SSSR count). The molecule has 1 saturated heterocycles. The van der Waals surface area contributed by atoms with Gasteiger partial charge >= 0.3 is 0 Å². The Morgan fingerprint density at radius 3 is 2.35 bits per heavy atom. The van der Waals surface area contributed by atoms with Crippen LogP contribution in [0, 0.1) is 17.8 Å². The van der Waals surface area contributed by atoms with Gasteiger partial charge in [-0.05, 0) is 56.8 Å². The maximum atomic E-state index is 12.8. The SMILES string of the molecule is CC(C)CC1NC(C2CCCC2)N(C(C)C2CC2)C1=O. The Bertz CT molecular complexity index is 358. The Kier molecular flexibility index (Phi) is 4.07. The minimum atomic E-state index is 0.0711. The summed E-state index contributed by atoms with van der Waals surface area (Å²) >= 11 is 0. The fourth-order valence-corrected chi connectivity index (χ4v) is 4.21. The van der Waals surface area contributed by atoms with E-state index in [0.717, 1.165) is 12.3 Å². The van der Waals surface area contributed by atoms with Gasteiger partial charge in [-0.2, -0.15) is 0 Å². The lowest BCUT2D eigenvalue weighted by Crippen LogP contribution is -2.47. The molecule has 0 radical (unpaired) electrons. The predicted molar refractivity (Wildman–Crippen MR) is 81.2 cm³/mol. The van der Waals surface area contributed by atoms with Crippen LogP contribution in [0.4, 0.5) is 0 Å². The van der Waals surface area contributed by atoms with Crippen molar-refractivity contribution in [3.8, 4) is 0 Å². The highest BCUT2D eigenvalue weighted by molar-refractivity contribution is 5.84. The van der Waals surface area contributed by atoms with E-state index in [1.807, 2.05) is 0 Å². The van der Waals surface area contributed by atoms with Crippen LogP contribution in [0.2, 0.25) is 0 Å². The maximum Gasteiger partial charge on any atom is 0.241 e. The van der Waals surface area contributed by atoms with Gasteiger partial charge < -0.3 is 4.90 Å². The molecule has 3 aliphatic rings. The first kappa shape index (κ1) is 14.4. The van der Waals surface area contributed by atoms with Crippen molar-refractivity contribution in [2.75, 3.05) is 0 Å². The normalized spacial score (nSPS) is 33.4. The summed E-state index contributed by atoms with van der Waals surface area (Å²) in [5, 5.41) is 3.70. The summed E-state index contributed by atoms with van der Waals surface area (Å²) in [6.45, 7) is 6.70. The molecule has 20 heavy (non-hydrogen) atoms. The van der Waals surface area contributed by atoms with Crippen LogP contribution in [0.15, 0.2) is 0 Å². The molecule has 0 bridgehead atoms. The van der Waals surface area contributed by atoms with Crippen molar-refractivity contribution < 1.29 is 4.79 Å². The number of nitrogens with zero attached hydrogens (tertiary/aromatic N) is 1. The van der Waals surface area contributed by atoms with Crippen LogP contribution in [0.25, 0.3) is 0 Å². The number of hydrogen-bond acceptors (Lipinski definition) is 2. The molecule has 1 aliphatic heterocycles. The molecule has 3 fully saturated rings. The van der Waals surface area contributed by atoms with E-state index in [-0.39, 0.29) is 6.04 Å². The van der Waals surface area contributed by atoms with Crippen molar-refractivity contribution in [1.82, 2.24) is 10.2 Å². The molecule has 1 heterocycles. The van der Waals surface area contributed by atoms with Crippen molar-refractivity contribution in [1.29, 1.82) is 0 Å². The molecule has 3 atom stereocenters. The number of hydrogen-bond donors (Lipinski definition) is 1. The molecule has 0 spiro atoms. The van der Waals surface area contributed by atoms with Crippen molar-refractivity contribution in [3.63, 3.8) is 0 Å². The van der Waals surface area contributed by atoms with Gasteiger partial charge in [0.15, 0.2) is 0 Å². The summed E-state index contributed by atoms with van der Waals surface area (Å²) in [5.41, 5.74) is 0. The Balaban J connectivity index is 1.75. The lowest BCUT2D eigenvalue weighted by molar-refractivity contribution is -0.133. The molecule has 3 heteroatoms. The molecule has 0 aromatic rings. The molecule has 2 aliphatic carbocycles. The lowest BCUT2D eigenvalue weighted by Gasteiger charge is -2.34. The second-order valence-corrected chi connectivity index (χ2v) is 7.66. The van der Waals surface area contributed by atoms with Crippen LogP contribution in [-0.2, 0) is 4.79 Å². The first-order valence-corrected chi connectivity index (χ1v) is 8.66.